The van der Waals surface area contributed by atoms with Gasteiger partial charge >= 0.3 is 0 Å². The summed E-state index contributed by atoms with van der Waals surface area (Å²) in [5, 5.41) is 3.43. The summed E-state index contributed by atoms with van der Waals surface area (Å²) < 4.78 is 0. The molecule has 1 aromatic rings. The van der Waals surface area contributed by atoms with Gasteiger partial charge in [0.05, 0.1) is 5.69 Å². The van der Waals surface area contributed by atoms with Crippen LogP contribution in [0.5, 0.6) is 0 Å². The molecule has 0 aromatic heterocycles. The van der Waals surface area contributed by atoms with Crippen molar-refractivity contribution in [3.63, 3.8) is 0 Å². The number of amides is 2. The highest BCUT2D eigenvalue weighted by atomic mass is 79.9. The minimum atomic E-state index is -0.545. The lowest BCUT2D eigenvalue weighted by Crippen LogP contribution is -2.37. The van der Waals surface area contributed by atoms with Crippen LogP contribution in [0.4, 0.5) is 5.69 Å². The van der Waals surface area contributed by atoms with Crippen LogP contribution in [0.25, 0.3) is 0 Å². The van der Waals surface area contributed by atoms with Crippen LogP contribution >= 0.6 is 15.9 Å². The van der Waals surface area contributed by atoms with Crippen molar-refractivity contribution in [1.82, 2.24) is 5.32 Å². The lowest BCUT2D eigenvalue weighted by molar-refractivity contribution is -0.126. The Hall–Kier alpha value is -1.36. The number of hydrogen-bond acceptors (Lipinski definition) is 2. The van der Waals surface area contributed by atoms with E-state index in [2.05, 4.69) is 21.2 Å². The quantitative estimate of drug-likeness (QED) is 0.867. The predicted octanol–water partition coefficient (Wildman–Crippen LogP) is 1.91. The van der Waals surface area contributed by atoms with Gasteiger partial charge < -0.3 is 10.2 Å². The number of anilines is 1. The molecule has 1 aromatic carbocycles. The summed E-state index contributed by atoms with van der Waals surface area (Å²) in [7, 11) is 0. The van der Waals surface area contributed by atoms with Gasteiger partial charge in [-0.15, -0.1) is 0 Å². The highest BCUT2D eigenvalue weighted by molar-refractivity contribution is 9.09. The molecule has 1 aliphatic heterocycles. The van der Waals surface area contributed by atoms with Crippen LogP contribution in [0, 0.1) is 6.92 Å². The summed E-state index contributed by atoms with van der Waals surface area (Å²) in [6.07, 6.45) is 0. The third-order valence-electron chi connectivity index (χ3n) is 3.02. The average molecular weight is 311 g/mol. The van der Waals surface area contributed by atoms with E-state index in [0.717, 1.165) is 16.8 Å². The molecule has 0 bridgehead atoms. The molecule has 0 saturated heterocycles. The molecule has 96 valence electrons. The third-order valence-corrected chi connectivity index (χ3v) is 3.37. The Morgan fingerprint density at radius 2 is 2.22 bits per heavy atom. The highest BCUT2D eigenvalue weighted by Gasteiger charge is 2.38. The Bertz CT molecular complexity index is 502. The van der Waals surface area contributed by atoms with E-state index in [1.807, 2.05) is 25.1 Å². The standard InChI is InChI=1S/C13H15BrN2O2/c1-8-4-3-5-10-11(15-9(2)17)13(18)16(7-6-14)12(8)10/h3-5,11H,6-7H2,1-2H3,(H,15,17). The van der Waals surface area contributed by atoms with Gasteiger partial charge in [-0.25, -0.2) is 0 Å². The van der Waals surface area contributed by atoms with E-state index in [0.29, 0.717) is 11.9 Å². The molecule has 0 fully saturated rings. The topological polar surface area (TPSA) is 49.4 Å². The normalized spacial score (nSPS) is 17.8. The first kappa shape index (κ1) is 13.1. The third kappa shape index (κ3) is 2.14. The summed E-state index contributed by atoms with van der Waals surface area (Å²) in [4.78, 5) is 25.3. The van der Waals surface area contributed by atoms with Crippen molar-refractivity contribution in [2.75, 3.05) is 16.8 Å². The molecular formula is C13H15BrN2O2. The average Bonchev–Trinajstić information content (AvgIpc) is 2.56. The number of benzene rings is 1. The van der Waals surface area contributed by atoms with E-state index in [1.165, 1.54) is 6.92 Å². The molecule has 0 saturated carbocycles. The number of aryl methyl sites for hydroxylation is 1. The monoisotopic (exact) mass is 310 g/mol. The number of fused-ring (bicyclic) bond motifs is 1. The Morgan fingerprint density at radius 3 is 2.83 bits per heavy atom. The second-order valence-electron chi connectivity index (χ2n) is 4.33. The fraction of sp³-hybridized carbons (Fsp3) is 0.385. The van der Waals surface area contributed by atoms with Gasteiger partial charge in [0.2, 0.25) is 5.91 Å². The van der Waals surface area contributed by atoms with Crippen LogP contribution in [0.1, 0.15) is 24.1 Å². The molecule has 4 nitrogen and oxygen atoms in total. The molecule has 5 heteroatoms. The van der Waals surface area contributed by atoms with Crippen molar-refractivity contribution >= 4 is 33.4 Å². The SMILES string of the molecule is CC(=O)NC1C(=O)N(CCBr)c2c(C)cccc21. The number of nitrogens with one attached hydrogen (secondary N) is 1. The number of hydrogen-bond donors (Lipinski definition) is 1. The molecule has 0 spiro atoms. The van der Waals surface area contributed by atoms with Crippen molar-refractivity contribution in [1.29, 1.82) is 0 Å². The molecule has 18 heavy (non-hydrogen) atoms. The molecule has 1 heterocycles. The molecule has 0 radical (unpaired) electrons. The molecular weight excluding hydrogens is 296 g/mol. The van der Waals surface area contributed by atoms with Crippen molar-refractivity contribution in [3.8, 4) is 0 Å². The van der Waals surface area contributed by atoms with Gasteiger partial charge in [0.1, 0.15) is 6.04 Å². The number of halogens is 1. The van der Waals surface area contributed by atoms with Crippen LogP contribution in [0.2, 0.25) is 0 Å². The molecule has 2 amide bonds. The minimum Gasteiger partial charge on any atom is -0.341 e. The van der Waals surface area contributed by atoms with Crippen LogP contribution in [-0.4, -0.2) is 23.7 Å². The number of carbonyl (C=O) groups is 2. The zero-order chi connectivity index (χ0) is 13.3. The first-order chi connectivity index (χ1) is 8.56. The fourth-order valence-corrected chi connectivity index (χ4v) is 2.69. The van der Waals surface area contributed by atoms with Gasteiger partial charge in [-0.3, -0.25) is 9.59 Å². The Balaban J connectivity index is 2.46. The van der Waals surface area contributed by atoms with Crippen molar-refractivity contribution in [2.24, 2.45) is 0 Å². The van der Waals surface area contributed by atoms with Crippen molar-refractivity contribution in [2.45, 2.75) is 19.9 Å². The number of carbonyl (C=O) groups excluding carboxylic acids is 2. The molecule has 1 N–H and O–H groups in total. The number of alkyl halides is 1. The maximum absolute atomic E-state index is 12.3. The largest absolute Gasteiger partial charge is 0.341 e. The second-order valence-corrected chi connectivity index (χ2v) is 5.12. The van der Waals surface area contributed by atoms with Gasteiger partial charge in [0.15, 0.2) is 0 Å². The Kier molecular flexibility index (Phi) is 3.71. The Morgan fingerprint density at radius 1 is 1.50 bits per heavy atom. The highest BCUT2D eigenvalue weighted by Crippen LogP contribution is 2.38. The van der Waals surface area contributed by atoms with E-state index in [-0.39, 0.29) is 11.8 Å². The number of nitrogens with zero attached hydrogens (tertiary/aromatic N) is 1. The van der Waals surface area contributed by atoms with E-state index >= 15 is 0 Å². The molecule has 1 unspecified atom stereocenters. The Labute approximate surface area is 114 Å². The molecule has 2 rings (SSSR count). The minimum absolute atomic E-state index is 0.0612. The van der Waals surface area contributed by atoms with Crippen molar-refractivity contribution < 1.29 is 9.59 Å². The second kappa shape index (κ2) is 5.10. The van der Waals surface area contributed by atoms with Crippen molar-refractivity contribution in [3.05, 3.63) is 29.3 Å². The molecule has 1 aliphatic rings. The van der Waals surface area contributed by atoms with Gasteiger partial charge in [-0.2, -0.15) is 0 Å². The first-order valence-corrected chi connectivity index (χ1v) is 6.92. The summed E-state index contributed by atoms with van der Waals surface area (Å²) in [6.45, 7) is 4.01. The number of para-hydroxylation sites is 1. The van der Waals surface area contributed by atoms with Gasteiger partial charge in [-0.1, -0.05) is 34.1 Å². The number of rotatable bonds is 3. The van der Waals surface area contributed by atoms with Crippen LogP contribution in [0.3, 0.4) is 0 Å². The molecule has 0 aliphatic carbocycles. The summed E-state index contributed by atoms with van der Waals surface area (Å²) in [5.41, 5.74) is 2.87. The van der Waals surface area contributed by atoms with E-state index in [9.17, 15) is 9.59 Å². The van der Waals surface area contributed by atoms with E-state index in [1.54, 1.807) is 4.90 Å². The van der Waals surface area contributed by atoms with Gasteiger partial charge in [0.25, 0.3) is 5.91 Å². The van der Waals surface area contributed by atoms with E-state index in [4.69, 9.17) is 0 Å². The van der Waals surface area contributed by atoms with Gasteiger partial charge in [-0.05, 0) is 12.5 Å². The van der Waals surface area contributed by atoms with Crippen LogP contribution < -0.4 is 10.2 Å². The smallest absolute Gasteiger partial charge is 0.254 e. The zero-order valence-electron chi connectivity index (χ0n) is 10.4. The van der Waals surface area contributed by atoms with Gasteiger partial charge in [0, 0.05) is 24.4 Å². The summed E-state index contributed by atoms with van der Waals surface area (Å²) >= 11 is 3.35. The summed E-state index contributed by atoms with van der Waals surface area (Å²) in [5.74, 6) is -0.254. The first-order valence-electron chi connectivity index (χ1n) is 5.80. The lowest BCUT2D eigenvalue weighted by Gasteiger charge is -2.18. The van der Waals surface area contributed by atoms with Crippen LogP contribution in [0.15, 0.2) is 18.2 Å². The maximum Gasteiger partial charge on any atom is 0.254 e. The summed E-state index contributed by atoms with van der Waals surface area (Å²) in [6, 6.07) is 5.24. The predicted molar refractivity (Wildman–Crippen MR) is 73.9 cm³/mol. The lowest BCUT2D eigenvalue weighted by atomic mass is 10.1. The van der Waals surface area contributed by atoms with Crippen LogP contribution in [-0.2, 0) is 9.59 Å². The maximum atomic E-state index is 12.3. The van der Waals surface area contributed by atoms with E-state index < -0.39 is 6.04 Å². The fourth-order valence-electron chi connectivity index (χ4n) is 2.33. The molecule has 1 atom stereocenters. The zero-order valence-corrected chi connectivity index (χ0v) is 12.0.